The molecule has 2 aromatic heterocycles. The van der Waals surface area contributed by atoms with E-state index in [0.717, 1.165) is 4.90 Å². The molecule has 0 bridgehead atoms. The van der Waals surface area contributed by atoms with Gasteiger partial charge in [0.05, 0.1) is 16.1 Å². The summed E-state index contributed by atoms with van der Waals surface area (Å²) in [7, 11) is 1.58. The molecular weight excluding hydrogens is 256 g/mol. The molecule has 0 fully saturated rings. The number of nitro groups is 1. The fraction of sp³-hybridized carbons (Fsp3) is 0.200. The Morgan fingerprint density at radius 2 is 2.28 bits per heavy atom. The lowest BCUT2D eigenvalue weighted by Crippen LogP contribution is -2.02. The Labute approximate surface area is 107 Å². The van der Waals surface area contributed by atoms with Gasteiger partial charge in [-0.3, -0.25) is 10.1 Å². The number of rotatable bonds is 4. The van der Waals surface area contributed by atoms with Crippen molar-refractivity contribution in [2.75, 3.05) is 12.4 Å². The van der Waals surface area contributed by atoms with E-state index >= 15 is 0 Å². The zero-order chi connectivity index (χ0) is 13.1. The highest BCUT2D eigenvalue weighted by Gasteiger charge is 2.23. The highest BCUT2D eigenvalue weighted by molar-refractivity contribution is 7.99. The Morgan fingerprint density at radius 1 is 1.50 bits per heavy atom. The van der Waals surface area contributed by atoms with E-state index in [2.05, 4.69) is 15.3 Å². The first-order valence-corrected chi connectivity index (χ1v) is 5.84. The molecule has 0 saturated heterocycles. The molecule has 0 aliphatic carbocycles. The molecular formula is C10H10N4O3S. The normalized spacial score (nSPS) is 10.3. The van der Waals surface area contributed by atoms with Crippen molar-refractivity contribution in [2.24, 2.45) is 0 Å². The van der Waals surface area contributed by atoms with E-state index in [0.29, 0.717) is 5.76 Å². The molecule has 7 nitrogen and oxygen atoms in total. The number of furan rings is 1. The second-order valence-electron chi connectivity index (χ2n) is 3.33. The van der Waals surface area contributed by atoms with E-state index in [1.165, 1.54) is 24.4 Å². The van der Waals surface area contributed by atoms with Crippen LogP contribution in [0.2, 0.25) is 0 Å². The molecule has 0 unspecified atom stereocenters. The van der Waals surface area contributed by atoms with Crippen molar-refractivity contribution < 1.29 is 9.34 Å². The van der Waals surface area contributed by atoms with Crippen LogP contribution in [0.1, 0.15) is 5.76 Å². The maximum atomic E-state index is 11.1. The van der Waals surface area contributed by atoms with Crippen molar-refractivity contribution in [1.29, 1.82) is 0 Å². The van der Waals surface area contributed by atoms with Crippen LogP contribution in [0.4, 0.5) is 11.5 Å². The molecule has 0 aromatic carbocycles. The number of aryl methyl sites for hydroxylation is 1. The molecule has 0 atom stereocenters. The van der Waals surface area contributed by atoms with E-state index < -0.39 is 4.92 Å². The van der Waals surface area contributed by atoms with Gasteiger partial charge in [-0.2, -0.15) is 0 Å². The molecule has 8 heteroatoms. The van der Waals surface area contributed by atoms with Gasteiger partial charge in [0.1, 0.15) is 12.1 Å². The average Bonchev–Trinajstić information content (AvgIpc) is 2.74. The van der Waals surface area contributed by atoms with Gasteiger partial charge in [0.25, 0.3) is 0 Å². The zero-order valence-corrected chi connectivity index (χ0v) is 10.5. The second-order valence-corrected chi connectivity index (χ2v) is 4.36. The standard InChI is InChI=1S/C10H10N4O3S/c1-6-7(3-4-17-6)18-10-8(14(15)16)9(11-2)12-5-13-10/h3-5H,1-2H3,(H,11,12,13). The van der Waals surface area contributed by atoms with E-state index in [9.17, 15) is 10.1 Å². The van der Waals surface area contributed by atoms with Gasteiger partial charge < -0.3 is 9.73 Å². The maximum absolute atomic E-state index is 11.1. The molecule has 0 spiro atoms. The molecule has 0 aliphatic rings. The molecule has 0 saturated carbocycles. The fourth-order valence-corrected chi connectivity index (χ4v) is 2.26. The number of nitrogens with one attached hydrogen (secondary N) is 1. The van der Waals surface area contributed by atoms with Gasteiger partial charge in [0, 0.05) is 7.05 Å². The third-order valence-corrected chi connectivity index (χ3v) is 3.36. The van der Waals surface area contributed by atoms with Crippen LogP contribution in [0.15, 0.2) is 33.0 Å². The van der Waals surface area contributed by atoms with E-state index in [-0.39, 0.29) is 16.5 Å². The third kappa shape index (κ3) is 2.28. The van der Waals surface area contributed by atoms with E-state index in [4.69, 9.17) is 4.42 Å². The van der Waals surface area contributed by atoms with Crippen molar-refractivity contribution >= 4 is 23.3 Å². The first-order chi connectivity index (χ1) is 8.63. The zero-order valence-electron chi connectivity index (χ0n) is 9.71. The Balaban J connectivity index is 2.44. The summed E-state index contributed by atoms with van der Waals surface area (Å²) in [6, 6.07) is 1.74. The van der Waals surface area contributed by atoms with E-state index in [1.54, 1.807) is 20.0 Å². The van der Waals surface area contributed by atoms with Crippen LogP contribution in [0.3, 0.4) is 0 Å². The first kappa shape index (κ1) is 12.4. The van der Waals surface area contributed by atoms with Crippen LogP contribution in [0, 0.1) is 17.0 Å². The molecule has 2 heterocycles. The van der Waals surface area contributed by atoms with Gasteiger partial charge in [-0.05, 0) is 13.0 Å². The summed E-state index contributed by atoms with van der Waals surface area (Å²) in [4.78, 5) is 19.1. The number of hydrogen-bond donors (Lipinski definition) is 1. The summed E-state index contributed by atoms with van der Waals surface area (Å²) in [5, 5.41) is 14.0. The maximum Gasteiger partial charge on any atom is 0.343 e. The molecule has 0 amide bonds. The Kier molecular flexibility index (Phi) is 3.47. The molecule has 2 rings (SSSR count). The van der Waals surface area contributed by atoms with Crippen molar-refractivity contribution in [2.45, 2.75) is 16.8 Å². The lowest BCUT2D eigenvalue weighted by atomic mass is 10.5. The summed E-state index contributed by atoms with van der Waals surface area (Å²) < 4.78 is 5.14. The molecule has 2 aromatic rings. The lowest BCUT2D eigenvalue weighted by molar-refractivity contribution is -0.387. The minimum Gasteiger partial charge on any atom is -0.468 e. The predicted octanol–water partition coefficient (Wildman–Crippen LogP) is 2.48. The van der Waals surface area contributed by atoms with Gasteiger partial charge >= 0.3 is 5.69 Å². The van der Waals surface area contributed by atoms with E-state index in [1.807, 2.05) is 0 Å². The van der Waals surface area contributed by atoms with Gasteiger partial charge in [0.15, 0.2) is 5.03 Å². The summed E-state index contributed by atoms with van der Waals surface area (Å²) in [6.07, 6.45) is 2.82. The van der Waals surface area contributed by atoms with Crippen LogP contribution in [-0.4, -0.2) is 21.9 Å². The lowest BCUT2D eigenvalue weighted by Gasteiger charge is -2.04. The van der Waals surface area contributed by atoms with Crippen LogP contribution >= 0.6 is 11.8 Å². The van der Waals surface area contributed by atoms with Crippen molar-refractivity contribution in [3.63, 3.8) is 0 Å². The van der Waals surface area contributed by atoms with Gasteiger partial charge in [-0.1, -0.05) is 11.8 Å². The van der Waals surface area contributed by atoms with Crippen molar-refractivity contribution in [3.8, 4) is 0 Å². The quantitative estimate of drug-likeness (QED) is 0.516. The molecule has 1 N–H and O–H groups in total. The summed E-state index contributed by atoms with van der Waals surface area (Å²) in [5.41, 5.74) is -0.134. The second kappa shape index (κ2) is 5.05. The first-order valence-electron chi connectivity index (χ1n) is 5.02. The van der Waals surface area contributed by atoms with Crippen LogP contribution < -0.4 is 5.32 Å². The number of aromatic nitrogens is 2. The molecule has 18 heavy (non-hydrogen) atoms. The average molecular weight is 266 g/mol. The largest absolute Gasteiger partial charge is 0.468 e. The van der Waals surface area contributed by atoms with Crippen molar-refractivity contribution in [3.05, 3.63) is 34.5 Å². The smallest absolute Gasteiger partial charge is 0.343 e. The van der Waals surface area contributed by atoms with Crippen LogP contribution in [-0.2, 0) is 0 Å². The van der Waals surface area contributed by atoms with Crippen LogP contribution in [0.5, 0.6) is 0 Å². The van der Waals surface area contributed by atoms with Crippen molar-refractivity contribution in [1.82, 2.24) is 9.97 Å². The minimum absolute atomic E-state index is 0.134. The number of nitrogens with zero attached hydrogens (tertiary/aromatic N) is 3. The summed E-state index contributed by atoms with van der Waals surface area (Å²) in [6.45, 7) is 1.79. The summed E-state index contributed by atoms with van der Waals surface area (Å²) >= 11 is 1.18. The molecule has 0 radical (unpaired) electrons. The number of hydrogen-bond acceptors (Lipinski definition) is 7. The monoisotopic (exact) mass is 266 g/mol. The predicted molar refractivity (Wildman–Crippen MR) is 65.8 cm³/mol. The van der Waals surface area contributed by atoms with Crippen LogP contribution in [0.25, 0.3) is 0 Å². The number of anilines is 1. The SMILES string of the molecule is CNc1ncnc(Sc2ccoc2C)c1[N+](=O)[O-]. The summed E-state index contributed by atoms with van der Waals surface area (Å²) in [5.74, 6) is 0.887. The molecule has 94 valence electrons. The topological polar surface area (TPSA) is 94.1 Å². The Morgan fingerprint density at radius 3 is 2.83 bits per heavy atom. The third-order valence-electron chi connectivity index (χ3n) is 2.23. The fourth-order valence-electron chi connectivity index (χ4n) is 1.37. The Bertz CT molecular complexity index is 584. The Hall–Kier alpha value is -2.09. The molecule has 0 aliphatic heterocycles. The highest BCUT2D eigenvalue weighted by atomic mass is 32.2. The highest BCUT2D eigenvalue weighted by Crippen LogP contribution is 2.37. The van der Waals surface area contributed by atoms with Gasteiger partial charge in [0.2, 0.25) is 5.82 Å². The van der Waals surface area contributed by atoms with Gasteiger partial charge in [-0.15, -0.1) is 0 Å². The minimum atomic E-state index is -0.496. The van der Waals surface area contributed by atoms with Gasteiger partial charge in [-0.25, -0.2) is 9.97 Å².